The SMILES string of the molecule is COC(=O)C=C(C)NCc1ccccc1CC([O-])=S.[K+]. The fraction of sp³-hybridized carbons (Fsp3) is 0.286. The number of methoxy groups -OCH3 is 1. The van der Waals surface area contributed by atoms with Gasteiger partial charge in [-0.05, 0) is 24.5 Å². The first-order chi connectivity index (χ1) is 9.02. The summed E-state index contributed by atoms with van der Waals surface area (Å²) in [6.07, 6.45) is 1.62. The van der Waals surface area contributed by atoms with Gasteiger partial charge >= 0.3 is 57.4 Å². The summed E-state index contributed by atoms with van der Waals surface area (Å²) in [5.41, 5.74) is 2.59. The Labute approximate surface area is 167 Å². The van der Waals surface area contributed by atoms with Crippen LogP contribution in [-0.2, 0) is 22.5 Å². The van der Waals surface area contributed by atoms with E-state index in [-0.39, 0.29) is 62.9 Å². The van der Waals surface area contributed by atoms with Crippen LogP contribution in [0.15, 0.2) is 36.0 Å². The van der Waals surface area contributed by atoms with E-state index in [2.05, 4.69) is 22.3 Å². The van der Waals surface area contributed by atoms with Gasteiger partial charge in [-0.1, -0.05) is 29.3 Å². The van der Waals surface area contributed by atoms with Crippen molar-refractivity contribution in [3.05, 3.63) is 47.2 Å². The molecule has 20 heavy (non-hydrogen) atoms. The molecule has 0 aliphatic rings. The van der Waals surface area contributed by atoms with E-state index in [0.29, 0.717) is 12.2 Å². The van der Waals surface area contributed by atoms with Crippen molar-refractivity contribution in [1.29, 1.82) is 0 Å². The molecule has 0 atom stereocenters. The number of allylic oxidation sites excluding steroid dienone is 1. The summed E-state index contributed by atoms with van der Waals surface area (Å²) in [6, 6.07) is 7.56. The van der Waals surface area contributed by atoms with Crippen molar-refractivity contribution >= 4 is 23.2 Å². The number of benzene rings is 1. The molecule has 1 rings (SSSR count). The molecule has 4 nitrogen and oxygen atoms in total. The predicted molar refractivity (Wildman–Crippen MR) is 75.4 cm³/mol. The summed E-state index contributed by atoms with van der Waals surface area (Å²) < 4.78 is 4.54. The standard InChI is InChI=1S/C14H17NO3S.K/c1-10(7-13(16)18-2)15-9-12-6-4-3-5-11(12)8-14(17)19;/h3-7,15H,8-9H2,1-2H3,(H,17,19);/q;+1/p-1. The molecule has 1 aromatic rings. The molecule has 0 spiro atoms. The third kappa shape index (κ3) is 7.52. The number of hydrogen-bond acceptors (Lipinski definition) is 5. The van der Waals surface area contributed by atoms with Gasteiger partial charge in [-0.25, -0.2) is 4.79 Å². The van der Waals surface area contributed by atoms with Gasteiger partial charge in [0, 0.05) is 18.3 Å². The normalized spacial score (nSPS) is 10.4. The Morgan fingerprint density at radius 1 is 1.40 bits per heavy atom. The molecule has 0 amide bonds. The maximum Gasteiger partial charge on any atom is 1.00 e. The Hall–Kier alpha value is -0.244. The summed E-state index contributed by atoms with van der Waals surface area (Å²) in [6.45, 7) is 2.30. The van der Waals surface area contributed by atoms with Crippen LogP contribution in [0.4, 0.5) is 0 Å². The smallest absolute Gasteiger partial charge is 0.867 e. The van der Waals surface area contributed by atoms with Crippen molar-refractivity contribution in [2.24, 2.45) is 0 Å². The van der Waals surface area contributed by atoms with Crippen molar-refractivity contribution in [2.45, 2.75) is 19.9 Å². The third-order valence-electron chi connectivity index (χ3n) is 2.55. The van der Waals surface area contributed by atoms with E-state index < -0.39 is 5.97 Å². The zero-order chi connectivity index (χ0) is 14.3. The maximum atomic E-state index is 11.0. The van der Waals surface area contributed by atoms with Crippen molar-refractivity contribution in [1.82, 2.24) is 5.32 Å². The van der Waals surface area contributed by atoms with Gasteiger partial charge < -0.3 is 15.2 Å². The molecule has 6 heteroatoms. The van der Waals surface area contributed by atoms with E-state index in [9.17, 15) is 9.90 Å². The molecule has 1 N–H and O–H groups in total. The van der Waals surface area contributed by atoms with Crippen molar-refractivity contribution in [3.8, 4) is 0 Å². The average Bonchev–Trinajstić information content (AvgIpc) is 2.37. The Balaban J connectivity index is 0.00000361. The van der Waals surface area contributed by atoms with Crippen LogP contribution >= 0.6 is 12.2 Å². The van der Waals surface area contributed by atoms with Crippen LogP contribution in [0.5, 0.6) is 0 Å². The summed E-state index contributed by atoms with van der Waals surface area (Å²) in [7, 11) is 1.33. The first-order valence-corrected chi connectivity index (χ1v) is 6.20. The number of thiocarbonyl (C=S) groups is 1. The Morgan fingerprint density at radius 2 is 2.00 bits per heavy atom. The van der Waals surface area contributed by atoms with Crippen LogP contribution in [-0.4, -0.2) is 18.1 Å². The zero-order valence-electron chi connectivity index (χ0n) is 11.9. The maximum absolute atomic E-state index is 11.0. The molecule has 1 aromatic carbocycles. The van der Waals surface area contributed by atoms with Crippen molar-refractivity contribution in [3.63, 3.8) is 0 Å². The minimum atomic E-state index is -0.404. The van der Waals surface area contributed by atoms with Gasteiger partial charge in [-0.2, -0.15) is 0 Å². The second-order valence-electron chi connectivity index (χ2n) is 4.02. The largest absolute Gasteiger partial charge is 1.00 e. The molecule has 0 unspecified atom stereocenters. The van der Waals surface area contributed by atoms with E-state index in [1.165, 1.54) is 13.2 Å². The first kappa shape index (κ1) is 19.8. The van der Waals surface area contributed by atoms with Gasteiger partial charge in [-0.15, -0.1) is 12.2 Å². The molecule has 0 fully saturated rings. The predicted octanol–water partition coefficient (Wildman–Crippen LogP) is -1.91. The van der Waals surface area contributed by atoms with Crippen LogP contribution < -0.4 is 61.8 Å². The van der Waals surface area contributed by atoms with E-state index >= 15 is 0 Å². The zero-order valence-corrected chi connectivity index (χ0v) is 15.9. The number of nitrogens with one attached hydrogen (secondary N) is 1. The van der Waals surface area contributed by atoms with Gasteiger partial charge in [0.15, 0.2) is 0 Å². The average molecular weight is 317 g/mol. The molecule has 0 saturated heterocycles. The Bertz CT molecular complexity index is 503. The van der Waals surface area contributed by atoms with Gasteiger partial charge in [0.25, 0.3) is 0 Å². The van der Waals surface area contributed by atoms with E-state index in [1.54, 1.807) is 6.92 Å². The number of esters is 1. The fourth-order valence-corrected chi connectivity index (χ4v) is 1.73. The first-order valence-electron chi connectivity index (χ1n) is 5.79. The van der Waals surface area contributed by atoms with Crippen molar-refractivity contribution in [2.75, 3.05) is 7.11 Å². The number of carbonyl (C=O) groups is 1. The molecule has 0 heterocycles. The minimum absolute atomic E-state index is 0. The number of hydrogen-bond donors (Lipinski definition) is 1. The number of carbonyl (C=O) groups excluding carboxylic acids is 1. The van der Waals surface area contributed by atoms with Crippen molar-refractivity contribution < 1.29 is 66.0 Å². The molecular formula is C14H16KNO3S. The third-order valence-corrected chi connectivity index (χ3v) is 2.69. The van der Waals surface area contributed by atoms with E-state index in [1.807, 2.05) is 24.3 Å². The molecule has 0 aliphatic heterocycles. The van der Waals surface area contributed by atoms with E-state index in [4.69, 9.17) is 0 Å². The Kier molecular flexibility index (Phi) is 10.4. The molecule has 0 aromatic heterocycles. The summed E-state index contributed by atoms with van der Waals surface area (Å²) in [5, 5.41) is 13.8. The topological polar surface area (TPSA) is 61.4 Å². The molecule has 0 radical (unpaired) electrons. The number of rotatable bonds is 6. The van der Waals surface area contributed by atoms with Gasteiger partial charge in [-0.3, -0.25) is 0 Å². The molecular weight excluding hydrogens is 301 g/mol. The minimum Gasteiger partial charge on any atom is -0.867 e. The van der Waals surface area contributed by atoms with Gasteiger partial charge in [0.05, 0.1) is 7.11 Å². The molecule has 0 aliphatic carbocycles. The van der Waals surface area contributed by atoms with Crippen LogP contribution in [0, 0.1) is 0 Å². The van der Waals surface area contributed by atoms with Gasteiger partial charge in [0.2, 0.25) is 0 Å². The van der Waals surface area contributed by atoms with Gasteiger partial charge in [0.1, 0.15) is 0 Å². The molecule has 0 bridgehead atoms. The summed E-state index contributed by atoms with van der Waals surface area (Å²) >= 11 is 4.60. The van der Waals surface area contributed by atoms with E-state index in [0.717, 1.165) is 11.1 Å². The van der Waals surface area contributed by atoms with Crippen LogP contribution in [0.25, 0.3) is 0 Å². The summed E-state index contributed by atoms with van der Waals surface area (Å²) in [4.78, 5) is 11.0. The fourth-order valence-electron chi connectivity index (χ4n) is 1.58. The van der Waals surface area contributed by atoms with Crippen LogP contribution in [0.2, 0.25) is 0 Å². The number of ether oxygens (including phenoxy) is 1. The monoisotopic (exact) mass is 317 g/mol. The second kappa shape index (κ2) is 10.5. The van der Waals surface area contributed by atoms with Crippen LogP contribution in [0.3, 0.4) is 0 Å². The van der Waals surface area contributed by atoms with Crippen LogP contribution in [0.1, 0.15) is 18.1 Å². The quantitative estimate of drug-likeness (QED) is 0.287. The Morgan fingerprint density at radius 3 is 2.55 bits per heavy atom. The molecule has 0 saturated carbocycles. The molecule has 102 valence electrons. The summed E-state index contributed by atoms with van der Waals surface area (Å²) in [5.74, 6) is -0.404. The second-order valence-corrected chi connectivity index (χ2v) is 4.48.